The van der Waals surface area contributed by atoms with Crippen LogP contribution in [-0.2, 0) is 24.8 Å². The predicted octanol–water partition coefficient (Wildman–Crippen LogP) is 1.84. The molecule has 0 amide bonds. The third kappa shape index (κ3) is 4.83. The van der Waals surface area contributed by atoms with Crippen LogP contribution >= 0.6 is 0 Å². The third-order valence-electron chi connectivity index (χ3n) is 5.27. The lowest BCUT2D eigenvalue weighted by atomic mass is 9.91. The van der Waals surface area contributed by atoms with Crippen LogP contribution in [0.25, 0.3) is 0 Å². The molecule has 1 aliphatic heterocycles. The lowest BCUT2D eigenvalue weighted by molar-refractivity contribution is -0.148. The molecule has 33 heavy (non-hydrogen) atoms. The zero-order chi connectivity index (χ0) is 24.6. The summed E-state index contributed by atoms with van der Waals surface area (Å²) in [7, 11) is -5.88. The Labute approximate surface area is 193 Å². The van der Waals surface area contributed by atoms with Crippen molar-refractivity contribution in [1.82, 2.24) is 8.61 Å². The molecule has 10 nitrogen and oxygen atoms in total. The van der Waals surface area contributed by atoms with Gasteiger partial charge in [0.2, 0.25) is 20.0 Å². The summed E-state index contributed by atoms with van der Waals surface area (Å²) in [6, 6.07) is 10.9. The van der Waals surface area contributed by atoms with Crippen molar-refractivity contribution in [3.05, 3.63) is 48.5 Å². The molecule has 12 heteroatoms. The molecule has 0 radical (unpaired) electrons. The number of ether oxygens (including phenoxy) is 2. The first-order valence-corrected chi connectivity index (χ1v) is 12.8. The standard InChI is InChI=1S/C21H26N2O8S2/c1-21(2)13-22(32(26,27)17-9-5-15(30-3)6-10-17)19(20(24)25)23(14-21)33(28,29)18-11-7-16(31-4)8-12-18/h5-12,19H,13-14H2,1-4H3,(H,24,25). The molecule has 0 atom stereocenters. The van der Waals surface area contributed by atoms with Gasteiger partial charge >= 0.3 is 5.97 Å². The molecule has 180 valence electrons. The highest BCUT2D eigenvalue weighted by Gasteiger charge is 2.52. The van der Waals surface area contributed by atoms with E-state index in [1.165, 1.54) is 62.8 Å². The first-order chi connectivity index (χ1) is 15.3. The minimum absolute atomic E-state index is 0.172. The fourth-order valence-electron chi connectivity index (χ4n) is 3.66. The van der Waals surface area contributed by atoms with Gasteiger partial charge in [0.15, 0.2) is 6.17 Å². The van der Waals surface area contributed by atoms with Crippen LogP contribution in [0, 0.1) is 5.41 Å². The Morgan fingerprint density at radius 2 is 1.15 bits per heavy atom. The van der Waals surface area contributed by atoms with E-state index < -0.39 is 37.6 Å². The van der Waals surface area contributed by atoms with Crippen molar-refractivity contribution in [2.75, 3.05) is 27.3 Å². The van der Waals surface area contributed by atoms with E-state index in [1.54, 1.807) is 13.8 Å². The number of methoxy groups -OCH3 is 2. The number of carboxylic acids is 1. The highest BCUT2D eigenvalue weighted by Crippen LogP contribution is 2.36. The van der Waals surface area contributed by atoms with E-state index in [4.69, 9.17) is 9.47 Å². The third-order valence-corrected chi connectivity index (χ3v) is 8.89. The topological polar surface area (TPSA) is 131 Å². The van der Waals surface area contributed by atoms with Crippen LogP contribution in [0.2, 0.25) is 0 Å². The molecule has 1 N–H and O–H groups in total. The molecule has 3 rings (SSSR count). The van der Waals surface area contributed by atoms with Gasteiger partial charge in [-0.2, -0.15) is 8.61 Å². The van der Waals surface area contributed by atoms with E-state index in [0.717, 1.165) is 8.61 Å². The number of hydrogen-bond donors (Lipinski definition) is 1. The maximum Gasteiger partial charge on any atom is 0.338 e. The minimum atomic E-state index is -4.37. The van der Waals surface area contributed by atoms with Crippen LogP contribution in [0.1, 0.15) is 13.8 Å². The Kier molecular flexibility index (Phi) is 6.76. The second-order valence-electron chi connectivity index (χ2n) is 8.33. The molecule has 1 saturated heterocycles. The van der Waals surface area contributed by atoms with Crippen molar-refractivity contribution in [3.63, 3.8) is 0 Å². The van der Waals surface area contributed by atoms with Crippen LogP contribution in [-0.4, -0.2) is 70.0 Å². The van der Waals surface area contributed by atoms with Crippen molar-refractivity contribution >= 4 is 26.0 Å². The second kappa shape index (κ2) is 8.93. The molecule has 0 aliphatic carbocycles. The molecule has 1 aliphatic rings. The molecule has 0 bridgehead atoms. The monoisotopic (exact) mass is 498 g/mol. The van der Waals surface area contributed by atoms with E-state index >= 15 is 0 Å². The van der Waals surface area contributed by atoms with Crippen LogP contribution in [0.5, 0.6) is 11.5 Å². The molecule has 0 spiro atoms. The van der Waals surface area contributed by atoms with Gasteiger partial charge in [0.25, 0.3) is 0 Å². The molecular weight excluding hydrogens is 472 g/mol. The summed E-state index contributed by atoms with van der Waals surface area (Å²) >= 11 is 0. The first-order valence-electron chi connectivity index (χ1n) is 9.88. The number of carbonyl (C=O) groups is 1. The number of benzene rings is 2. The number of nitrogens with zero attached hydrogens (tertiary/aromatic N) is 2. The minimum Gasteiger partial charge on any atom is -0.497 e. The maximum atomic E-state index is 13.5. The van der Waals surface area contributed by atoms with E-state index in [0.29, 0.717) is 11.5 Å². The highest BCUT2D eigenvalue weighted by atomic mass is 32.2. The average Bonchev–Trinajstić information content (AvgIpc) is 2.77. The Bertz CT molecular complexity index is 1130. The summed E-state index contributed by atoms with van der Waals surface area (Å²) in [5.41, 5.74) is -0.870. The predicted molar refractivity (Wildman–Crippen MR) is 119 cm³/mol. The molecule has 2 aromatic rings. The molecule has 2 aromatic carbocycles. The van der Waals surface area contributed by atoms with Gasteiger partial charge in [-0.1, -0.05) is 13.8 Å². The zero-order valence-electron chi connectivity index (χ0n) is 18.6. The number of sulfonamides is 2. The van der Waals surface area contributed by atoms with Crippen molar-refractivity contribution in [3.8, 4) is 11.5 Å². The van der Waals surface area contributed by atoms with Crippen LogP contribution in [0.15, 0.2) is 58.3 Å². The van der Waals surface area contributed by atoms with E-state index in [1.807, 2.05) is 0 Å². The summed E-state index contributed by atoms with van der Waals surface area (Å²) in [5.74, 6) is -0.752. The largest absolute Gasteiger partial charge is 0.497 e. The lowest BCUT2D eigenvalue weighted by Gasteiger charge is -2.46. The summed E-state index contributed by atoms with van der Waals surface area (Å²) in [6.07, 6.45) is -1.96. The Hall–Kier alpha value is -2.67. The summed E-state index contributed by atoms with van der Waals surface area (Å²) in [4.78, 5) is 11.9. The maximum absolute atomic E-state index is 13.5. The van der Waals surface area contributed by atoms with Gasteiger partial charge in [-0.3, -0.25) is 0 Å². The van der Waals surface area contributed by atoms with Gasteiger partial charge in [-0.15, -0.1) is 0 Å². The number of carboxylic acid groups (broad SMARTS) is 1. The Balaban J connectivity index is 2.12. The molecule has 1 fully saturated rings. The highest BCUT2D eigenvalue weighted by molar-refractivity contribution is 7.90. The molecular formula is C21H26N2O8S2. The SMILES string of the molecule is COc1ccc(S(=O)(=O)N2CC(C)(C)CN(S(=O)(=O)c3ccc(OC)cc3)C2C(=O)O)cc1. The van der Waals surface area contributed by atoms with Gasteiger partial charge < -0.3 is 14.6 Å². The van der Waals surface area contributed by atoms with Crippen molar-refractivity contribution in [2.24, 2.45) is 5.41 Å². The summed E-state index contributed by atoms with van der Waals surface area (Å²) in [6.45, 7) is 2.98. The average molecular weight is 499 g/mol. The Morgan fingerprint density at radius 1 is 0.818 bits per heavy atom. The number of hydrogen-bond acceptors (Lipinski definition) is 7. The van der Waals surface area contributed by atoms with Crippen LogP contribution in [0.3, 0.4) is 0 Å². The van der Waals surface area contributed by atoms with E-state index in [-0.39, 0.29) is 22.9 Å². The molecule has 0 unspecified atom stereocenters. The quantitative estimate of drug-likeness (QED) is 0.612. The first kappa shape index (κ1) is 25.0. The molecule has 0 saturated carbocycles. The molecule has 0 aromatic heterocycles. The lowest BCUT2D eigenvalue weighted by Crippen LogP contribution is -2.65. The van der Waals surface area contributed by atoms with Gasteiger partial charge in [0.1, 0.15) is 11.5 Å². The summed E-state index contributed by atoms with van der Waals surface area (Å²) < 4.78 is 65.4. The van der Waals surface area contributed by atoms with Crippen molar-refractivity contribution < 1.29 is 36.2 Å². The Morgan fingerprint density at radius 3 is 1.42 bits per heavy atom. The van der Waals surface area contributed by atoms with Crippen LogP contribution in [0.4, 0.5) is 0 Å². The smallest absolute Gasteiger partial charge is 0.338 e. The normalized spacial score (nSPS) is 18.1. The second-order valence-corrected chi connectivity index (χ2v) is 12.1. The van der Waals surface area contributed by atoms with Crippen LogP contribution < -0.4 is 9.47 Å². The molecule has 1 heterocycles. The number of aliphatic carboxylic acids is 1. The number of rotatable bonds is 7. The van der Waals surface area contributed by atoms with Crippen molar-refractivity contribution in [2.45, 2.75) is 29.8 Å². The van der Waals surface area contributed by atoms with E-state index in [2.05, 4.69) is 0 Å². The zero-order valence-corrected chi connectivity index (χ0v) is 20.3. The van der Waals surface area contributed by atoms with Gasteiger partial charge in [0, 0.05) is 13.1 Å². The fraction of sp³-hybridized carbons (Fsp3) is 0.381. The van der Waals surface area contributed by atoms with Gasteiger partial charge in [-0.25, -0.2) is 21.6 Å². The van der Waals surface area contributed by atoms with Crippen molar-refractivity contribution in [1.29, 1.82) is 0 Å². The van der Waals surface area contributed by atoms with E-state index in [9.17, 15) is 26.7 Å². The summed E-state index contributed by atoms with van der Waals surface area (Å²) in [5, 5.41) is 9.98. The van der Waals surface area contributed by atoms with Gasteiger partial charge in [-0.05, 0) is 53.9 Å². The van der Waals surface area contributed by atoms with Gasteiger partial charge in [0.05, 0.1) is 24.0 Å². The fourth-order valence-corrected chi connectivity index (χ4v) is 7.19.